The number of ether oxygens (including phenoxy) is 1. The summed E-state index contributed by atoms with van der Waals surface area (Å²) in [5.74, 6) is -0.226. The number of amides is 1. The Bertz CT molecular complexity index is 1440. The van der Waals surface area contributed by atoms with E-state index in [1.165, 1.54) is 6.08 Å². The molecule has 2 heterocycles. The number of carbonyl (C=O) groups excluding carboxylic acids is 1. The summed E-state index contributed by atoms with van der Waals surface area (Å²) < 4.78 is 58.0. The van der Waals surface area contributed by atoms with Gasteiger partial charge in [0.15, 0.2) is 0 Å². The number of nitrogens with zero attached hydrogens (tertiary/aromatic N) is 1. The van der Waals surface area contributed by atoms with Gasteiger partial charge in [-0.1, -0.05) is 54.6 Å². The second-order valence-corrected chi connectivity index (χ2v) is 11.2. The fourth-order valence-electron chi connectivity index (χ4n) is 4.98. The van der Waals surface area contributed by atoms with E-state index in [9.17, 15) is 18.0 Å². The van der Waals surface area contributed by atoms with Gasteiger partial charge in [0.05, 0.1) is 16.8 Å². The summed E-state index contributed by atoms with van der Waals surface area (Å²) in [5.41, 5.74) is 8.27. The van der Waals surface area contributed by atoms with E-state index in [-0.39, 0.29) is 30.5 Å². The quantitative estimate of drug-likeness (QED) is 0.344. The van der Waals surface area contributed by atoms with Crippen LogP contribution in [0.5, 0.6) is 0 Å². The molecule has 0 spiro atoms. The van der Waals surface area contributed by atoms with Gasteiger partial charge in [-0.15, -0.1) is 0 Å². The Kier molecular flexibility index (Phi) is 7.37. The zero-order valence-corrected chi connectivity index (χ0v) is 23.2. The van der Waals surface area contributed by atoms with Gasteiger partial charge in [-0.3, -0.25) is 0 Å². The van der Waals surface area contributed by atoms with Crippen LogP contribution in [-0.2, 0) is 20.2 Å². The lowest BCUT2D eigenvalue weighted by molar-refractivity contribution is -0.137. The largest absolute Gasteiger partial charge is 0.492 e. The van der Waals surface area contributed by atoms with E-state index in [0.717, 1.165) is 28.3 Å². The number of nitrogens with two attached hydrogens (primary N) is 1. The zero-order chi connectivity index (χ0) is 29.6. The van der Waals surface area contributed by atoms with Crippen molar-refractivity contribution < 1.29 is 32.0 Å². The molecule has 0 unspecified atom stereocenters. The fourth-order valence-corrected chi connectivity index (χ4v) is 4.98. The van der Waals surface area contributed by atoms with Crippen LogP contribution in [0.1, 0.15) is 55.9 Å². The molecular weight excluding hydrogens is 534 g/mol. The molecule has 11 heteroatoms. The van der Waals surface area contributed by atoms with Crippen LogP contribution in [0.2, 0.25) is 0 Å². The number of fused-ring (bicyclic) bond motifs is 3. The molecule has 41 heavy (non-hydrogen) atoms. The summed E-state index contributed by atoms with van der Waals surface area (Å²) in [7, 11) is -0.956. The van der Waals surface area contributed by atoms with Gasteiger partial charge in [0.25, 0.3) is 0 Å². The predicted molar refractivity (Wildman–Crippen MR) is 151 cm³/mol. The first kappa shape index (κ1) is 28.7. The number of hydrogen-bond acceptors (Lipinski definition) is 6. The van der Waals surface area contributed by atoms with E-state index in [0.29, 0.717) is 11.7 Å². The van der Waals surface area contributed by atoms with Crippen LogP contribution in [0.4, 0.5) is 23.8 Å². The van der Waals surface area contributed by atoms with Crippen LogP contribution in [0.25, 0.3) is 17.2 Å². The van der Waals surface area contributed by atoms with Crippen molar-refractivity contribution in [2.24, 2.45) is 0 Å². The monoisotopic (exact) mass is 565 g/mol. The molecule has 5 rings (SSSR count). The first-order valence-electron chi connectivity index (χ1n) is 13.2. The average Bonchev–Trinajstić information content (AvgIpc) is 3.34. The second kappa shape index (κ2) is 10.5. The lowest BCUT2D eigenvalue weighted by Crippen LogP contribution is -2.41. The van der Waals surface area contributed by atoms with Gasteiger partial charge in [0, 0.05) is 24.2 Å². The number of halogens is 3. The van der Waals surface area contributed by atoms with Crippen LogP contribution in [0.15, 0.2) is 66.3 Å². The van der Waals surface area contributed by atoms with E-state index in [1.807, 2.05) is 76.2 Å². The molecule has 1 aliphatic heterocycles. The number of benzene rings is 2. The van der Waals surface area contributed by atoms with Crippen LogP contribution < -0.4 is 11.1 Å². The maximum atomic E-state index is 13.4. The van der Waals surface area contributed by atoms with Crippen molar-refractivity contribution >= 4 is 25.1 Å². The summed E-state index contributed by atoms with van der Waals surface area (Å²) in [6, 6.07) is 16.9. The number of carbonyl (C=O) groups is 1. The van der Waals surface area contributed by atoms with Crippen LogP contribution in [0, 0.1) is 0 Å². The number of aromatic nitrogens is 1. The van der Waals surface area contributed by atoms with Crippen molar-refractivity contribution in [2.45, 2.75) is 51.0 Å². The molecule has 0 saturated carbocycles. The number of alkyl carbamates (subject to hydrolysis) is 1. The Morgan fingerprint density at radius 2 is 1.61 bits per heavy atom. The molecule has 1 amide bonds. The third kappa shape index (κ3) is 5.69. The predicted octanol–water partition coefficient (Wildman–Crippen LogP) is 6.24. The van der Waals surface area contributed by atoms with Gasteiger partial charge in [0.2, 0.25) is 0 Å². The van der Waals surface area contributed by atoms with Gasteiger partial charge in [-0.2, -0.15) is 13.2 Å². The average molecular weight is 565 g/mol. The van der Waals surface area contributed by atoms with E-state index in [1.54, 1.807) is 0 Å². The SMILES string of the molecule is CC1(C)OB(C(=Cc2cc(C(F)(F)F)cnc2N)CNC(=O)OCC2c3ccccc3-c3ccccc32)OC1(C)C. The van der Waals surface area contributed by atoms with Gasteiger partial charge in [-0.25, -0.2) is 9.78 Å². The lowest BCUT2D eigenvalue weighted by atomic mass is 9.77. The third-order valence-electron chi connectivity index (χ3n) is 7.95. The molecule has 0 bridgehead atoms. The van der Waals surface area contributed by atoms with Crippen LogP contribution in [-0.4, -0.2) is 42.5 Å². The van der Waals surface area contributed by atoms with Gasteiger partial charge < -0.3 is 25.1 Å². The highest BCUT2D eigenvalue weighted by atomic mass is 19.4. The first-order valence-corrected chi connectivity index (χ1v) is 13.2. The third-order valence-corrected chi connectivity index (χ3v) is 7.95. The number of anilines is 1. The first-order chi connectivity index (χ1) is 19.3. The smallest absolute Gasteiger partial charge is 0.449 e. The highest BCUT2D eigenvalue weighted by Gasteiger charge is 2.52. The number of hydrogen-bond donors (Lipinski definition) is 2. The highest BCUT2D eigenvalue weighted by molar-refractivity contribution is 6.56. The summed E-state index contributed by atoms with van der Waals surface area (Å²) in [6.07, 6.45) is -3.21. The molecule has 214 valence electrons. The van der Waals surface area contributed by atoms with Crippen molar-refractivity contribution in [3.8, 4) is 11.1 Å². The van der Waals surface area contributed by atoms with E-state index >= 15 is 0 Å². The minimum Gasteiger partial charge on any atom is -0.449 e. The second-order valence-electron chi connectivity index (χ2n) is 11.2. The molecule has 0 atom stereocenters. The molecule has 1 fully saturated rings. The van der Waals surface area contributed by atoms with Crippen molar-refractivity contribution in [1.29, 1.82) is 0 Å². The molecule has 2 aliphatic rings. The van der Waals surface area contributed by atoms with Crippen molar-refractivity contribution in [1.82, 2.24) is 10.3 Å². The fraction of sp³-hybridized carbons (Fsp3) is 0.333. The van der Waals surface area contributed by atoms with Crippen molar-refractivity contribution in [3.63, 3.8) is 0 Å². The minimum atomic E-state index is -4.60. The Hall–Kier alpha value is -3.83. The number of nitrogen functional groups attached to an aromatic ring is 1. The van der Waals surface area contributed by atoms with Crippen LogP contribution in [0.3, 0.4) is 0 Å². The number of nitrogens with one attached hydrogen (secondary N) is 1. The molecular formula is C30H31BF3N3O4. The van der Waals surface area contributed by atoms with Gasteiger partial charge in [0.1, 0.15) is 12.4 Å². The molecule has 0 radical (unpaired) electrons. The summed E-state index contributed by atoms with van der Waals surface area (Å²) >= 11 is 0. The van der Waals surface area contributed by atoms with Crippen molar-refractivity contribution in [3.05, 3.63) is 88.5 Å². The summed E-state index contributed by atoms with van der Waals surface area (Å²) in [6.45, 7) is 7.39. The van der Waals surface area contributed by atoms with E-state index in [4.69, 9.17) is 19.8 Å². The maximum Gasteiger partial charge on any atom is 0.492 e. The Morgan fingerprint density at radius 3 is 2.17 bits per heavy atom. The van der Waals surface area contributed by atoms with Crippen molar-refractivity contribution in [2.75, 3.05) is 18.9 Å². The van der Waals surface area contributed by atoms with Crippen LogP contribution >= 0.6 is 0 Å². The van der Waals surface area contributed by atoms with Gasteiger partial charge in [-0.05, 0) is 61.5 Å². The molecule has 2 aromatic carbocycles. The van der Waals surface area contributed by atoms with E-state index < -0.39 is 36.2 Å². The standard InChI is InChI=1S/C30H31BF3N3O4/c1-28(2)29(3,4)41-31(40-28)20(14-18-13-19(30(32,33)34)15-36-26(18)35)16-37-27(38)39-17-25-23-11-7-5-9-21(23)22-10-6-8-12-24(22)25/h5-15,25H,16-17H2,1-4H3,(H2,35,36)(H,37,38). The van der Waals surface area contributed by atoms with Gasteiger partial charge >= 0.3 is 19.4 Å². The highest BCUT2D eigenvalue weighted by Crippen LogP contribution is 2.44. The van der Waals surface area contributed by atoms with E-state index in [2.05, 4.69) is 10.3 Å². The number of alkyl halides is 3. The maximum absolute atomic E-state index is 13.4. The molecule has 1 aliphatic carbocycles. The molecule has 7 nitrogen and oxygen atoms in total. The minimum absolute atomic E-state index is 0.0267. The Morgan fingerprint density at radius 1 is 1.05 bits per heavy atom. The number of pyridine rings is 1. The zero-order valence-electron chi connectivity index (χ0n) is 23.2. The summed E-state index contributed by atoms with van der Waals surface area (Å²) in [4.78, 5) is 16.6. The Labute approximate surface area is 237 Å². The summed E-state index contributed by atoms with van der Waals surface area (Å²) in [5, 5.41) is 2.70. The molecule has 1 saturated heterocycles. The topological polar surface area (TPSA) is 95.7 Å². The molecule has 1 aromatic heterocycles. The molecule has 3 N–H and O–H groups in total. The lowest BCUT2D eigenvalue weighted by Gasteiger charge is -2.32. The molecule has 3 aromatic rings. The Balaban J connectivity index is 1.35. The normalized spacial score (nSPS) is 17.7. The number of rotatable bonds is 6.